The lowest BCUT2D eigenvalue weighted by atomic mass is 9.69. The lowest BCUT2D eigenvalue weighted by molar-refractivity contribution is -0.124. The summed E-state index contributed by atoms with van der Waals surface area (Å²) in [5.41, 5.74) is 8.45. The Morgan fingerprint density at radius 2 is 2.07 bits per heavy atom. The number of nitrogens with two attached hydrogens (primary N) is 1. The zero-order valence-electron chi connectivity index (χ0n) is 26.0. The van der Waals surface area contributed by atoms with Gasteiger partial charge in [-0.25, -0.2) is 9.18 Å². The van der Waals surface area contributed by atoms with Gasteiger partial charge in [0.1, 0.15) is 35.8 Å². The largest absolute Gasteiger partial charge is 0.461 e. The maximum Gasteiger partial charge on any atom is 0.322 e. The minimum Gasteiger partial charge on any atom is -0.461 e. The first-order valence-corrected chi connectivity index (χ1v) is 16.4. The Bertz CT molecular complexity index is 1680. The third-order valence-corrected chi connectivity index (χ3v) is 11.4. The molecule has 1 aromatic carbocycles. The Morgan fingerprint density at radius 1 is 1.22 bits per heavy atom. The molecule has 0 bridgehead atoms. The third kappa shape index (κ3) is 4.44. The SMILES string of the molecule is C[C@H]1CC[C@]2(Cc3nc(OCC45CCCN4C[C@H](F)C5)nc(N4CCC[C@@]5(C4)NC(=O)NC5=O)c3CO2)c2c1ccc(N)c2C#N. The predicted octanol–water partition coefficient (Wildman–Crippen LogP) is 2.93. The fourth-order valence-corrected chi connectivity index (χ4v) is 9.05. The Balaban J connectivity index is 1.19. The second-order valence-corrected chi connectivity index (χ2v) is 14.1. The van der Waals surface area contributed by atoms with E-state index >= 15 is 0 Å². The maximum atomic E-state index is 14.5. The molecular weight excluding hydrogens is 591 g/mol. The van der Waals surface area contributed by atoms with E-state index in [1.807, 2.05) is 11.0 Å². The van der Waals surface area contributed by atoms with Gasteiger partial charge in [-0.1, -0.05) is 13.0 Å². The predicted molar refractivity (Wildman–Crippen MR) is 165 cm³/mol. The minimum absolute atomic E-state index is 0.196. The number of aromatic nitrogens is 2. The first-order chi connectivity index (χ1) is 22.1. The molecule has 0 saturated carbocycles. The number of imide groups is 1. The molecule has 1 aliphatic carbocycles. The van der Waals surface area contributed by atoms with E-state index in [2.05, 4.69) is 28.5 Å². The summed E-state index contributed by atoms with van der Waals surface area (Å²) in [4.78, 5) is 39.2. The highest BCUT2D eigenvalue weighted by molar-refractivity contribution is 6.07. The fourth-order valence-electron chi connectivity index (χ4n) is 9.05. The molecule has 4 N–H and O–H groups in total. The first kappa shape index (κ1) is 29.4. The van der Waals surface area contributed by atoms with Crippen LogP contribution in [0.1, 0.15) is 85.7 Å². The zero-order chi connectivity index (χ0) is 31.8. The number of hydrogen-bond acceptors (Lipinski definition) is 10. The summed E-state index contributed by atoms with van der Waals surface area (Å²) >= 11 is 0. The van der Waals surface area contributed by atoms with Gasteiger partial charge >= 0.3 is 12.0 Å². The molecule has 4 fully saturated rings. The van der Waals surface area contributed by atoms with Crippen molar-refractivity contribution in [3.8, 4) is 12.1 Å². The monoisotopic (exact) mass is 630 g/mol. The molecule has 1 aromatic heterocycles. The maximum absolute atomic E-state index is 14.5. The number of alkyl halides is 1. The molecule has 2 aromatic rings. The van der Waals surface area contributed by atoms with Gasteiger partial charge < -0.3 is 25.4 Å². The van der Waals surface area contributed by atoms with Crippen LogP contribution in [-0.2, 0) is 28.2 Å². The van der Waals surface area contributed by atoms with E-state index in [1.165, 1.54) is 0 Å². The number of ether oxygens (including phenoxy) is 2. The van der Waals surface area contributed by atoms with E-state index in [0.717, 1.165) is 48.2 Å². The second kappa shape index (κ2) is 10.5. The van der Waals surface area contributed by atoms with Gasteiger partial charge in [0, 0.05) is 42.7 Å². The number of benzene rings is 1. The molecule has 0 radical (unpaired) electrons. The Labute approximate surface area is 266 Å². The lowest BCUT2D eigenvalue weighted by Crippen LogP contribution is -2.59. The van der Waals surface area contributed by atoms with E-state index in [9.17, 15) is 19.2 Å². The second-order valence-electron chi connectivity index (χ2n) is 14.1. The number of rotatable bonds is 4. The van der Waals surface area contributed by atoms with Gasteiger partial charge in [0.15, 0.2) is 0 Å². The highest BCUT2D eigenvalue weighted by atomic mass is 19.1. The number of amides is 3. The van der Waals surface area contributed by atoms with Crippen LogP contribution in [0.3, 0.4) is 0 Å². The van der Waals surface area contributed by atoms with Gasteiger partial charge in [0.05, 0.1) is 29.9 Å². The normalized spacial score (nSPS) is 33.4. The molecule has 242 valence electrons. The van der Waals surface area contributed by atoms with Crippen LogP contribution in [0.15, 0.2) is 12.1 Å². The molecule has 8 rings (SSSR count). The number of nitrogens with one attached hydrogen (secondary N) is 2. The van der Waals surface area contributed by atoms with E-state index in [1.54, 1.807) is 6.07 Å². The van der Waals surface area contributed by atoms with E-state index < -0.39 is 23.3 Å². The standard InChI is InChI=1S/C33H39FN8O4/c1-19-6-9-33(26-21(19)4-5-24(36)22(26)14-35)13-25-23(16-46-33)27(41-10-3-8-32(17-41)28(43)39-29(44)40-32)38-30(37-25)45-18-31-7-2-11-42(31)15-20(34)12-31/h4-5,19-20H,2-3,6-13,15-18,36H2,1H3,(H2,39,40,43,44)/t19-,20+,31?,32-,33-/m0/s1. The van der Waals surface area contributed by atoms with Crippen molar-refractivity contribution in [1.29, 1.82) is 5.26 Å². The molecule has 1 unspecified atom stereocenters. The smallest absolute Gasteiger partial charge is 0.322 e. The summed E-state index contributed by atoms with van der Waals surface area (Å²) in [6, 6.07) is 5.87. The number of hydrogen-bond donors (Lipinski definition) is 3. The highest BCUT2D eigenvalue weighted by Gasteiger charge is 2.52. The third-order valence-electron chi connectivity index (χ3n) is 11.4. The summed E-state index contributed by atoms with van der Waals surface area (Å²) in [5, 5.41) is 15.5. The number of carbonyl (C=O) groups is 2. The number of urea groups is 1. The number of carbonyl (C=O) groups excluding carboxylic acids is 2. The van der Waals surface area contributed by atoms with Gasteiger partial charge in [-0.05, 0) is 62.6 Å². The topological polar surface area (TPSA) is 159 Å². The summed E-state index contributed by atoms with van der Waals surface area (Å²) in [5.74, 6) is 0.513. The Hall–Kier alpha value is -4.02. The van der Waals surface area contributed by atoms with Crippen molar-refractivity contribution in [2.75, 3.05) is 43.4 Å². The molecule has 2 spiro atoms. The van der Waals surface area contributed by atoms with Crippen LogP contribution in [0.25, 0.3) is 0 Å². The number of nitrogens with zero attached hydrogens (tertiary/aromatic N) is 5. The van der Waals surface area contributed by atoms with Crippen LogP contribution >= 0.6 is 0 Å². The van der Waals surface area contributed by atoms with Crippen molar-refractivity contribution >= 4 is 23.4 Å². The highest BCUT2D eigenvalue weighted by Crippen LogP contribution is 2.51. The lowest BCUT2D eigenvalue weighted by Gasteiger charge is -2.45. The Kier molecular flexibility index (Phi) is 6.71. The average molecular weight is 631 g/mol. The van der Waals surface area contributed by atoms with Crippen LogP contribution in [0.5, 0.6) is 6.01 Å². The van der Waals surface area contributed by atoms with Crippen molar-refractivity contribution in [3.05, 3.63) is 40.1 Å². The van der Waals surface area contributed by atoms with Gasteiger partial charge in [0.25, 0.3) is 5.91 Å². The van der Waals surface area contributed by atoms with Crippen molar-refractivity contribution in [1.82, 2.24) is 25.5 Å². The molecule has 6 heterocycles. The molecular formula is C33H39FN8O4. The molecule has 12 nitrogen and oxygen atoms in total. The van der Waals surface area contributed by atoms with Crippen molar-refractivity contribution in [2.24, 2.45) is 0 Å². The van der Waals surface area contributed by atoms with Crippen LogP contribution < -0.4 is 26.0 Å². The van der Waals surface area contributed by atoms with E-state index in [4.69, 9.17) is 25.2 Å². The Morgan fingerprint density at radius 3 is 2.87 bits per heavy atom. The number of halogens is 1. The van der Waals surface area contributed by atoms with Gasteiger partial charge in [-0.15, -0.1) is 0 Å². The fraction of sp³-hybridized carbons (Fsp3) is 0.606. The number of piperidine rings is 1. The summed E-state index contributed by atoms with van der Waals surface area (Å²) in [6.07, 6.45) is 4.57. The molecule has 5 atom stereocenters. The van der Waals surface area contributed by atoms with Crippen LogP contribution in [-0.4, -0.2) is 76.8 Å². The molecule has 13 heteroatoms. The minimum atomic E-state index is -1.05. The van der Waals surface area contributed by atoms with Gasteiger partial charge in [-0.3, -0.25) is 15.0 Å². The molecule has 6 aliphatic rings. The van der Waals surface area contributed by atoms with Crippen LogP contribution in [0.4, 0.5) is 20.7 Å². The number of fused-ring (bicyclic) bond motifs is 4. The van der Waals surface area contributed by atoms with E-state index in [-0.39, 0.29) is 43.1 Å². The molecule has 3 amide bonds. The van der Waals surface area contributed by atoms with Gasteiger partial charge in [0.2, 0.25) is 0 Å². The van der Waals surface area contributed by atoms with E-state index in [0.29, 0.717) is 62.3 Å². The molecule has 46 heavy (non-hydrogen) atoms. The van der Waals surface area contributed by atoms with Gasteiger partial charge in [-0.2, -0.15) is 15.2 Å². The van der Waals surface area contributed by atoms with Crippen LogP contribution in [0, 0.1) is 11.3 Å². The van der Waals surface area contributed by atoms with Crippen molar-refractivity contribution in [2.45, 2.75) is 93.7 Å². The number of anilines is 2. The van der Waals surface area contributed by atoms with Crippen molar-refractivity contribution < 1.29 is 23.5 Å². The summed E-state index contributed by atoms with van der Waals surface area (Å²) in [7, 11) is 0. The first-order valence-electron chi connectivity index (χ1n) is 16.4. The van der Waals surface area contributed by atoms with Crippen LogP contribution in [0.2, 0.25) is 0 Å². The van der Waals surface area contributed by atoms with Crippen molar-refractivity contribution in [3.63, 3.8) is 0 Å². The quantitative estimate of drug-likeness (QED) is 0.339. The zero-order valence-corrected chi connectivity index (χ0v) is 26.0. The molecule has 5 aliphatic heterocycles. The number of nitrogen functional groups attached to an aromatic ring is 1. The summed E-state index contributed by atoms with van der Waals surface area (Å²) in [6.45, 7) is 4.78. The average Bonchev–Trinajstić information content (AvgIpc) is 3.65. The summed E-state index contributed by atoms with van der Waals surface area (Å²) < 4.78 is 27.7. The molecule has 4 saturated heterocycles. The number of nitriles is 1.